The van der Waals surface area contributed by atoms with Gasteiger partial charge in [0.2, 0.25) is 0 Å². The first-order chi connectivity index (χ1) is 16.0. The van der Waals surface area contributed by atoms with Crippen molar-refractivity contribution in [3.63, 3.8) is 0 Å². The second-order valence-electron chi connectivity index (χ2n) is 8.07. The highest BCUT2D eigenvalue weighted by atomic mass is 16.5. The van der Waals surface area contributed by atoms with Gasteiger partial charge in [0.1, 0.15) is 5.75 Å². The number of nitrogens with one attached hydrogen (secondary N) is 1. The van der Waals surface area contributed by atoms with Crippen molar-refractivity contribution in [2.45, 2.75) is 20.8 Å². The number of ether oxygens (including phenoxy) is 1. The van der Waals surface area contributed by atoms with Gasteiger partial charge >= 0.3 is 0 Å². The fourth-order valence-corrected chi connectivity index (χ4v) is 3.79. The summed E-state index contributed by atoms with van der Waals surface area (Å²) in [5.74, 6) is 1.04. The minimum absolute atomic E-state index is 0.0761. The molecular weight excluding hydrogens is 414 g/mol. The molecule has 1 amide bonds. The molecule has 0 saturated heterocycles. The molecule has 7 nitrogen and oxygen atoms in total. The van der Waals surface area contributed by atoms with Gasteiger partial charge in [-0.3, -0.25) is 4.79 Å². The lowest BCUT2D eigenvalue weighted by Gasteiger charge is -2.11. The average molecular weight is 438 g/mol. The van der Waals surface area contributed by atoms with E-state index in [0.717, 1.165) is 33.2 Å². The van der Waals surface area contributed by atoms with Crippen molar-refractivity contribution >= 4 is 28.0 Å². The standard InChI is InChI=1S/C26H23N5O2/c1-16-8-12-20(13-9-16)33-15-24(32)27-23-14-19(11-10-17(23)2)25-28-29-26-22-7-5-4-6-21(22)18(3)30-31(25)26/h4-14H,15H2,1-3H3,(H,27,32). The van der Waals surface area contributed by atoms with Gasteiger partial charge in [0.25, 0.3) is 5.91 Å². The molecule has 0 saturated carbocycles. The summed E-state index contributed by atoms with van der Waals surface area (Å²) in [5, 5.41) is 18.5. The molecule has 33 heavy (non-hydrogen) atoms. The Labute approximate surface area is 191 Å². The van der Waals surface area contributed by atoms with Gasteiger partial charge in [0.05, 0.1) is 5.69 Å². The van der Waals surface area contributed by atoms with Gasteiger partial charge in [-0.15, -0.1) is 10.2 Å². The number of nitrogens with zero attached hydrogens (tertiary/aromatic N) is 4. The van der Waals surface area contributed by atoms with Crippen LogP contribution in [0, 0.1) is 20.8 Å². The van der Waals surface area contributed by atoms with Crippen LogP contribution in [0.2, 0.25) is 0 Å². The van der Waals surface area contributed by atoms with Crippen molar-refractivity contribution in [2.75, 3.05) is 11.9 Å². The summed E-state index contributed by atoms with van der Waals surface area (Å²) in [6.07, 6.45) is 0. The second kappa shape index (κ2) is 8.35. The Hall–Kier alpha value is -4.26. The quantitative estimate of drug-likeness (QED) is 0.423. The van der Waals surface area contributed by atoms with Crippen LogP contribution in [0.5, 0.6) is 5.75 Å². The SMILES string of the molecule is Cc1ccc(OCC(=O)Nc2cc(-c3nnc4c5ccccc5c(C)nn34)ccc2C)cc1. The summed E-state index contributed by atoms with van der Waals surface area (Å²) < 4.78 is 7.36. The molecule has 1 N–H and O–H groups in total. The molecular formula is C26H23N5O2. The Kier molecular flexibility index (Phi) is 5.22. The van der Waals surface area contributed by atoms with E-state index in [0.29, 0.717) is 22.9 Å². The molecule has 0 unspecified atom stereocenters. The molecule has 2 heterocycles. The molecule has 0 atom stereocenters. The van der Waals surface area contributed by atoms with Gasteiger partial charge in [-0.25, -0.2) is 0 Å². The van der Waals surface area contributed by atoms with Gasteiger partial charge in [-0.05, 0) is 44.5 Å². The average Bonchev–Trinajstić information content (AvgIpc) is 3.24. The number of rotatable bonds is 5. The van der Waals surface area contributed by atoms with E-state index in [9.17, 15) is 4.79 Å². The van der Waals surface area contributed by atoms with Crippen LogP contribution in [-0.4, -0.2) is 32.3 Å². The number of anilines is 1. The van der Waals surface area contributed by atoms with Crippen LogP contribution in [0.3, 0.4) is 0 Å². The van der Waals surface area contributed by atoms with Gasteiger partial charge in [0.15, 0.2) is 18.1 Å². The first-order valence-corrected chi connectivity index (χ1v) is 10.7. The number of aryl methyl sites for hydroxylation is 3. The lowest BCUT2D eigenvalue weighted by Crippen LogP contribution is -2.20. The van der Waals surface area contributed by atoms with Gasteiger partial charge in [-0.1, -0.05) is 54.1 Å². The Morgan fingerprint density at radius 3 is 2.48 bits per heavy atom. The number of aromatic nitrogens is 4. The van der Waals surface area contributed by atoms with Crippen LogP contribution in [0.4, 0.5) is 5.69 Å². The minimum Gasteiger partial charge on any atom is -0.484 e. The number of hydrogen-bond acceptors (Lipinski definition) is 5. The third-order valence-corrected chi connectivity index (χ3v) is 5.61. The highest BCUT2D eigenvalue weighted by Crippen LogP contribution is 2.27. The zero-order valence-electron chi connectivity index (χ0n) is 18.7. The zero-order valence-corrected chi connectivity index (χ0v) is 18.7. The highest BCUT2D eigenvalue weighted by molar-refractivity contribution is 5.96. The minimum atomic E-state index is -0.234. The van der Waals surface area contributed by atoms with Crippen LogP contribution < -0.4 is 10.1 Å². The van der Waals surface area contributed by atoms with E-state index in [1.807, 2.05) is 87.5 Å². The van der Waals surface area contributed by atoms with Crippen molar-refractivity contribution < 1.29 is 9.53 Å². The van der Waals surface area contributed by atoms with Crippen LogP contribution in [0.25, 0.3) is 27.8 Å². The maximum Gasteiger partial charge on any atom is 0.262 e. The van der Waals surface area contributed by atoms with E-state index < -0.39 is 0 Å². The predicted octanol–water partition coefficient (Wildman–Crippen LogP) is 4.89. The number of amides is 1. The van der Waals surface area contributed by atoms with Crippen molar-refractivity contribution in [3.05, 3.63) is 83.6 Å². The predicted molar refractivity (Wildman–Crippen MR) is 129 cm³/mol. The van der Waals surface area contributed by atoms with Gasteiger partial charge in [-0.2, -0.15) is 9.61 Å². The van der Waals surface area contributed by atoms with Crippen molar-refractivity contribution in [2.24, 2.45) is 0 Å². The summed E-state index contributed by atoms with van der Waals surface area (Å²) in [5.41, 5.74) is 5.17. The molecule has 0 bridgehead atoms. The number of carbonyl (C=O) groups excluding carboxylic acids is 1. The summed E-state index contributed by atoms with van der Waals surface area (Å²) >= 11 is 0. The monoisotopic (exact) mass is 437 g/mol. The molecule has 5 rings (SSSR count). The fourth-order valence-electron chi connectivity index (χ4n) is 3.79. The number of carbonyl (C=O) groups is 1. The summed E-state index contributed by atoms with van der Waals surface area (Å²) in [6, 6.07) is 21.4. The first-order valence-electron chi connectivity index (χ1n) is 10.7. The molecule has 0 radical (unpaired) electrons. The number of hydrogen-bond donors (Lipinski definition) is 1. The molecule has 0 spiro atoms. The second-order valence-corrected chi connectivity index (χ2v) is 8.07. The maximum absolute atomic E-state index is 12.5. The van der Waals surface area contributed by atoms with Gasteiger partial charge in [0, 0.05) is 22.0 Å². The zero-order chi connectivity index (χ0) is 22.9. The molecule has 5 aromatic rings. The van der Waals surface area contributed by atoms with E-state index in [1.165, 1.54) is 0 Å². The Morgan fingerprint density at radius 2 is 1.70 bits per heavy atom. The van der Waals surface area contributed by atoms with E-state index in [-0.39, 0.29) is 12.5 Å². The van der Waals surface area contributed by atoms with Crippen LogP contribution in [0.1, 0.15) is 16.8 Å². The van der Waals surface area contributed by atoms with E-state index in [1.54, 1.807) is 4.52 Å². The first kappa shape index (κ1) is 20.6. The van der Waals surface area contributed by atoms with Crippen molar-refractivity contribution in [3.8, 4) is 17.1 Å². The van der Waals surface area contributed by atoms with E-state index in [2.05, 4.69) is 15.5 Å². The molecule has 3 aromatic carbocycles. The lowest BCUT2D eigenvalue weighted by atomic mass is 10.1. The Bertz CT molecular complexity index is 1490. The largest absolute Gasteiger partial charge is 0.484 e. The molecule has 2 aromatic heterocycles. The third-order valence-electron chi connectivity index (χ3n) is 5.61. The van der Waals surface area contributed by atoms with Gasteiger partial charge < -0.3 is 10.1 Å². The smallest absolute Gasteiger partial charge is 0.262 e. The topological polar surface area (TPSA) is 81.4 Å². The molecule has 0 fully saturated rings. The van der Waals surface area contributed by atoms with Crippen LogP contribution in [0.15, 0.2) is 66.7 Å². The lowest BCUT2D eigenvalue weighted by molar-refractivity contribution is -0.118. The maximum atomic E-state index is 12.5. The normalized spacial score (nSPS) is 11.1. The van der Waals surface area contributed by atoms with Crippen LogP contribution in [-0.2, 0) is 4.79 Å². The van der Waals surface area contributed by atoms with E-state index >= 15 is 0 Å². The van der Waals surface area contributed by atoms with Crippen LogP contribution >= 0.6 is 0 Å². The highest BCUT2D eigenvalue weighted by Gasteiger charge is 2.15. The third kappa shape index (κ3) is 4.01. The Balaban J connectivity index is 1.42. The molecule has 164 valence electrons. The molecule has 0 aliphatic rings. The molecule has 7 heteroatoms. The summed E-state index contributed by atoms with van der Waals surface area (Å²) in [7, 11) is 0. The summed E-state index contributed by atoms with van der Waals surface area (Å²) in [4.78, 5) is 12.5. The molecule has 0 aliphatic heterocycles. The molecule has 0 aliphatic carbocycles. The number of fused-ring (bicyclic) bond motifs is 3. The van der Waals surface area contributed by atoms with Crippen molar-refractivity contribution in [1.82, 2.24) is 19.8 Å². The summed E-state index contributed by atoms with van der Waals surface area (Å²) in [6.45, 7) is 5.84. The van der Waals surface area contributed by atoms with Crippen molar-refractivity contribution in [1.29, 1.82) is 0 Å². The Morgan fingerprint density at radius 1 is 0.939 bits per heavy atom. The number of benzene rings is 3. The fraction of sp³-hybridized carbons (Fsp3) is 0.154. The van der Waals surface area contributed by atoms with E-state index in [4.69, 9.17) is 9.84 Å².